The molecule has 1 aliphatic rings. The Morgan fingerprint density at radius 1 is 1.28 bits per heavy atom. The Hall–Kier alpha value is -1.06. The van der Waals surface area contributed by atoms with Crippen molar-refractivity contribution in [2.24, 2.45) is 0 Å². The van der Waals surface area contributed by atoms with Crippen LogP contribution in [0.5, 0.6) is 0 Å². The summed E-state index contributed by atoms with van der Waals surface area (Å²) < 4.78 is 0. The third kappa shape index (κ3) is 2.38. The number of aryl methyl sites for hydroxylation is 1. The number of hydrogen-bond acceptors (Lipinski definition) is 3. The topological polar surface area (TPSA) is 26.7 Å². The Kier molecular flexibility index (Phi) is 3.93. The fourth-order valence-corrected chi connectivity index (χ4v) is 3.02. The fourth-order valence-electron chi connectivity index (χ4n) is 3.02. The van der Waals surface area contributed by atoms with Crippen LogP contribution in [0, 0.1) is 13.8 Å². The van der Waals surface area contributed by atoms with Crippen molar-refractivity contribution in [3.63, 3.8) is 0 Å². The molecule has 1 heterocycles. The number of nitrogens with zero attached hydrogens (tertiary/aromatic N) is 2. The van der Waals surface area contributed by atoms with Crippen molar-refractivity contribution < 1.29 is 5.11 Å². The van der Waals surface area contributed by atoms with Gasteiger partial charge in [0.15, 0.2) is 0 Å². The van der Waals surface area contributed by atoms with Crippen LogP contribution in [0.15, 0.2) is 18.2 Å². The molecule has 0 spiro atoms. The molecule has 2 rings (SSSR count). The first-order valence-electron chi connectivity index (χ1n) is 6.68. The highest BCUT2D eigenvalue weighted by atomic mass is 16.3. The van der Waals surface area contributed by atoms with Crippen molar-refractivity contribution >= 4 is 5.69 Å². The molecule has 0 radical (unpaired) electrons. The molecule has 2 atom stereocenters. The zero-order valence-electron chi connectivity index (χ0n) is 11.8. The third-order valence-corrected chi connectivity index (χ3v) is 4.03. The monoisotopic (exact) mass is 248 g/mol. The summed E-state index contributed by atoms with van der Waals surface area (Å²) in [7, 11) is 2.12. The summed E-state index contributed by atoms with van der Waals surface area (Å²) in [6, 6.07) is 7.05. The Morgan fingerprint density at radius 2 is 2.00 bits per heavy atom. The summed E-state index contributed by atoms with van der Waals surface area (Å²) in [5, 5.41) is 9.65. The normalized spacial score (nSPS) is 25.5. The van der Waals surface area contributed by atoms with Gasteiger partial charge in [0.25, 0.3) is 0 Å². The highest BCUT2D eigenvalue weighted by Gasteiger charge is 2.31. The van der Waals surface area contributed by atoms with Gasteiger partial charge in [-0.1, -0.05) is 12.1 Å². The second kappa shape index (κ2) is 5.29. The highest BCUT2D eigenvalue weighted by molar-refractivity contribution is 5.58. The van der Waals surface area contributed by atoms with Gasteiger partial charge < -0.3 is 14.9 Å². The Labute approximate surface area is 110 Å². The number of benzene rings is 1. The number of likely N-dealkylation sites (N-methyl/N-ethyl adjacent to an activating group) is 1. The lowest BCUT2D eigenvalue weighted by Crippen LogP contribution is -2.58. The zero-order valence-corrected chi connectivity index (χ0v) is 11.8. The molecular weight excluding hydrogens is 224 g/mol. The van der Waals surface area contributed by atoms with E-state index in [4.69, 9.17) is 0 Å². The van der Waals surface area contributed by atoms with Crippen LogP contribution >= 0.6 is 0 Å². The number of anilines is 1. The fraction of sp³-hybridized carbons (Fsp3) is 0.600. The predicted molar refractivity (Wildman–Crippen MR) is 76.2 cm³/mol. The van der Waals surface area contributed by atoms with Crippen LogP contribution in [-0.2, 0) is 0 Å². The van der Waals surface area contributed by atoms with Crippen LogP contribution in [0.2, 0.25) is 0 Å². The van der Waals surface area contributed by atoms with Crippen LogP contribution in [0.1, 0.15) is 18.1 Å². The van der Waals surface area contributed by atoms with E-state index in [0.29, 0.717) is 6.04 Å². The molecule has 100 valence electrons. The molecule has 1 aliphatic heterocycles. The van der Waals surface area contributed by atoms with Gasteiger partial charge in [-0.3, -0.25) is 0 Å². The van der Waals surface area contributed by atoms with E-state index in [2.05, 4.69) is 55.8 Å². The van der Waals surface area contributed by atoms with Crippen molar-refractivity contribution in [2.75, 3.05) is 31.6 Å². The molecule has 1 N–H and O–H groups in total. The quantitative estimate of drug-likeness (QED) is 0.864. The molecule has 1 saturated heterocycles. The summed E-state index contributed by atoms with van der Waals surface area (Å²) in [4.78, 5) is 4.69. The van der Waals surface area contributed by atoms with E-state index < -0.39 is 0 Å². The molecule has 0 bridgehead atoms. The Morgan fingerprint density at radius 3 is 2.67 bits per heavy atom. The standard InChI is InChI=1S/C15H24N2O/c1-11-6-5-7-15(13(11)3)17-12(2)8-16(4)9-14(17)10-18/h5-7,12,14,18H,8-10H2,1-4H3. The number of aliphatic hydroxyl groups excluding tert-OH is 1. The molecule has 18 heavy (non-hydrogen) atoms. The summed E-state index contributed by atoms with van der Waals surface area (Å²) in [5.41, 5.74) is 3.91. The number of hydrogen-bond donors (Lipinski definition) is 1. The molecule has 0 amide bonds. The molecule has 1 aromatic carbocycles. The lowest BCUT2D eigenvalue weighted by molar-refractivity contribution is 0.171. The maximum Gasteiger partial charge on any atom is 0.0651 e. The van der Waals surface area contributed by atoms with E-state index in [1.165, 1.54) is 16.8 Å². The minimum Gasteiger partial charge on any atom is -0.394 e. The van der Waals surface area contributed by atoms with Gasteiger partial charge in [0.2, 0.25) is 0 Å². The molecule has 0 aromatic heterocycles. The van der Waals surface area contributed by atoms with Gasteiger partial charge in [-0.05, 0) is 45.0 Å². The van der Waals surface area contributed by atoms with Crippen molar-refractivity contribution in [3.8, 4) is 0 Å². The molecule has 0 aliphatic carbocycles. The smallest absolute Gasteiger partial charge is 0.0651 e. The van der Waals surface area contributed by atoms with Crippen molar-refractivity contribution in [3.05, 3.63) is 29.3 Å². The molecule has 2 unspecified atom stereocenters. The van der Waals surface area contributed by atoms with Gasteiger partial charge in [0.05, 0.1) is 12.6 Å². The first-order chi connectivity index (χ1) is 8.54. The molecule has 1 fully saturated rings. The second-order valence-corrected chi connectivity index (χ2v) is 5.53. The highest BCUT2D eigenvalue weighted by Crippen LogP contribution is 2.28. The number of piperazine rings is 1. The second-order valence-electron chi connectivity index (χ2n) is 5.53. The van der Waals surface area contributed by atoms with E-state index in [9.17, 15) is 5.11 Å². The summed E-state index contributed by atoms with van der Waals surface area (Å²) >= 11 is 0. The van der Waals surface area contributed by atoms with E-state index >= 15 is 0 Å². The van der Waals surface area contributed by atoms with Gasteiger partial charge in [-0.15, -0.1) is 0 Å². The number of aliphatic hydroxyl groups is 1. The number of rotatable bonds is 2. The molecule has 3 heteroatoms. The lowest BCUT2D eigenvalue weighted by atomic mass is 10.0. The lowest BCUT2D eigenvalue weighted by Gasteiger charge is -2.46. The van der Waals surface area contributed by atoms with Crippen LogP contribution in [-0.4, -0.2) is 48.8 Å². The van der Waals surface area contributed by atoms with Crippen molar-refractivity contribution in [1.29, 1.82) is 0 Å². The van der Waals surface area contributed by atoms with Gasteiger partial charge in [0.1, 0.15) is 0 Å². The van der Waals surface area contributed by atoms with Gasteiger partial charge in [-0.2, -0.15) is 0 Å². The van der Waals surface area contributed by atoms with Crippen LogP contribution in [0.25, 0.3) is 0 Å². The van der Waals surface area contributed by atoms with Crippen LogP contribution < -0.4 is 4.90 Å². The van der Waals surface area contributed by atoms with Gasteiger partial charge >= 0.3 is 0 Å². The summed E-state index contributed by atoms with van der Waals surface area (Å²) in [5.74, 6) is 0. The molecule has 3 nitrogen and oxygen atoms in total. The Bertz CT molecular complexity index is 419. The summed E-state index contributed by atoms with van der Waals surface area (Å²) in [6.45, 7) is 8.73. The van der Waals surface area contributed by atoms with E-state index in [1.54, 1.807) is 0 Å². The molecule has 0 saturated carbocycles. The first-order valence-corrected chi connectivity index (χ1v) is 6.68. The Balaban J connectivity index is 2.37. The van der Waals surface area contributed by atoms with Crippen LogP contribution in [0.3, 0.4) is 0 Å². The van der Waals surface area contributed by atoms with Gasteiger partial charge in [0, 0.05) is 24.8 Å². The minimum atomic E-state index is 0.194. The zero-order chi connectivity index (χ0) is 13.3. The SMILES string of the molecule is Cc1cccc(N2C(C)CN(C)CC2CO)c1C. The van der Waals surface area contributed by atoms with E-state index in [1.807, 2.05) is 0 Å². The largest absolute Gasteiger partial charge is 0.394 e. The molecule has 1 aromatic rings. The van der Waals surface area contributed by atoms with Crippen molar-refractivity contribution in [1.82, 2.24) is 4.90 Å². The van der Waals surface area contributed by atoms with E-state index in [-0.39, 0.29) is 12.6 Å². The van der Waals surface area contributed by atoms with Crippen LogP contribution in [0.4, 0.5) is 5.69 Å². The summed E-state index contributed by atoms with van der Waals surface area (Å²) in [6.07, 6.45) is 0. The maximum atomic E-state index is 9.65. The first kappa shape index (κ1) is 13.4. The average molecular weight is 248 g/mol. The maximum absolute atomic E-state index is 9.65. The average Bonchev–Trinajstić information content (AvgIpc) is 2.32. The van der Waals surface area contributed by atoms with E-state index in [0.717, 1.165) is 13.1 Å². The third-order valence-electron chi connectivity index (χ3n) is 4.03. The minimum absolute atomic E-state index is 0.194. The van der Waals surface area contributed by atoms with Gasteiger partial charge in [-0.25, -0.2) is 0 Å². The van der Waals surface area contributed by atoms with Crippen molar-refractivity contribution in [2.45, 2.75) is 32.9 Å². The molecular formula is C15H24N2O. The predicted octanol–water partition coefficient (Wildman–Crippen LogP) is 1.80.